The number of rotatable bonds is 4. The molecule has 0 aromatic rings. The fraction of sp³-hybridized carbons (Fsp3) is 0.824. The highest BCUT2D eigenvalue weighted by Gasteiger charge is 2.34. The van der Waals surface area contributed by atoms with Crippen LogP contribution in [0.5, 0.6) is 0 Å². The van der Waals surface area contributed by atoms with Gasteiger partial charge in [0.05, 0.1) is 19.3 Å². The highest BCUT2D eigenvalue weighted by molar-refractivity contribution is 8.13. The molecule has 2 saturated heterocycles. The molecule has 0 saturated carbocycles. The molecule has 1 unspecified atom stereocenters. The van der Waals surface area contributed by atoms with Gasteiger partial charge in [-0.15, -0.1) is 0 Å². The van der Waals surface area contributed by atoms with Gasteiger partial charge in [0.1, 0.15) is 5.60 Å². The summed E-state index contributed by atoms with van der Waals surface area (Å²) in [5, 5.41) is 0.0783. The number of morpholine rings is 1. The molecule has 0 aliphatic carbocycles. The Morgan fingerprint density at radius 1 is 1.32 bits per heavy atom. The molecule has 0 spiro atoms. The van der Waals surface area contributed by atoms with Gasteiger partial charge in [0.25, 0.3) is 0 Å². The van der Waals surface area contributed by atoms with Gasteiger partial charge in [0.15, 0.2) is 5.12 Å². The van der Waals surface area contributed by atoms with Crippen molar-refractivity contribution in [2.45, 2.75) is 45.8 Å². The lowest BCUT2D eigenvalue weighted by molar-refractivity contribution is -0.130. The second kappa shape index (κ2) is 8.40. The SMILES string of the molecule is CC(=O)SCC1CC(=O)N(C[C@@H]2CN(C(=O)OC(C)(C)C)CCO2)C1. The van der Waals surface area contributed by atoms with E-state index in [0.29, 0.717) is 45.0 Å². The molecule has 2 fully saturated rings. The number of hydrogen-bond donors (Lipinski definition) is 0. The zero-order chi connectivity index (χ0) is 18.6. The van der Waals surface area contributed by atoms with Crippen LogP contribution < -0.4 is 0 Å². The molecule has 2 aliphatic rings. The summed E-state index contributed by atoms with van der Waals surface area (Å²) in [4.78, 5) is 38.9. The molecule has 2 heterocycles. The van der Waals surface area contributed by atoms with Crippen molar-refractivity contribution >= 4 is 28.9 Å². The topological polar surface area (TPSA) is 76.2 Å². The Bertz CT molecular complexity index is 520. The molecule has 2 atom stereocenters. The quantitative estimate of drug-likeness (QED) is 0.748. The van der Waals surface area contributed by atoms with Gasteiger partial charge in [-0.3, -0.25) is 9.59 Å². The van der Waals surface area contributed by atoms with Crippen LogP contribution in [0, 0.1) is 5.92 Å². The maximum absolute atomic E-state index is 12.2. The Hall–Kier alpha value is -1.28. The van der Waals surface area contributed by atoms with Gasteiger partial charge < -0.3 is 19.3 Å². The Morgan fingerprint density at radius 3 is 2.68 bits per heavy atom. The Labute approximate surface area is 153 Å². The third kappa shape index (κ3) is 6.51. The fourth-order valence-corrected chi connectivity index (χ4v) is 3.64. The van der Waals surface area contributed by atoms with Crippen molar-refractivity contribution in [3.8, 4) is 0 Å². The van der Waals surface area contributed by atoms with E-state index < -0.39 is 5.60 Å². The van der Waals surface area contributed by atoms with Crippen LogP contribution in [0.4, 0.5) is 4.79 Å². The van der Waals surface area contributed by atoms with Gasteiger partial charge in [-0.05, 0) is 26.7 Å². The first-order valence-electron chi connectivity index (χ1n) is 8.64. The highest BCUT2D eigenvalue weighted by atomic mass is 32.2. The number of thioether (sulfide) groups is 1. The van der Waals surface area contributed by atoms with Gasteiger partial charge in [-0.1, -0.05) is 11.8 Å². The highest BCUT2D eigenvalue weighted by Crippen LogP contribution is 2.23. The summed E-state index contributed by atoms with van der Waals surface area (Å²) in [6.45, 7) is 9.53. The Morgan fingerprint density at radius 2 is 2.04 bits per heavy atom. The number of carbonyl (C=O) groups is 3. The van der Waals surface area contributed by atoms with Crippen LogP contribution in [0.25, 0.3) is 0 Å². The molecule has 7 nitrogen and oxygen atoms in total. The lowest BCUT2D eigenvalue weighted by Crippen LogP contribution is -2.51. The van der Waals surface area contributed by atoms with Crippen molar-refractivity contribution in [2.24, 2.45) is 5.92 Å². The van der Waals surface area contributed by atoms with Gasteiger partial charge in [0, 0.05) is 38.7 Å². The van der Waals surface area contributed by atoms with Gasteiger partial charge in [-0.25, -0.2) is 4.79 Å². The molecular weight excluding hydrogens is 344 g/mol. The zero-order valence-electron chi connectivity index (χ0n) is 15.4. The van der Waals surface area contributed by atoms with Crippen LogP contribution in [-0.4, -0.2) is 77.2 Å². The van der Waals surface area contributed by atoms with E-state index in [1.807, 2.05) is 20.8 Å². The van der Waals surface area contributed by atoms with E-state index in [4.69, 9.17) is 9.47 Å². The first kappa shape index (κ1) is 20.0. The minimum atomic E-state index is -0.530. The lowest BCUT2D eigenvalue weighted by atomic mass is 10.1. The van der Waals surface area contributed by atoms with E-state index >= 15 is 0 Å². The van der Waals surface area contributed by atoms with E-state index in [9.17, 15) is 14.4 Å². The van der Waals surface area contributed by atoms with E-state index in [-0.39, 0.29) is 29.1 Å². The minimum Gasteiger partial charge on any atom is -0.444 e. The van der Waals surface area contributed by atoms with Crippen molar-refractivity contribution in [1.82, 2.24) is 9.80 Å². The fourth-order valence-electron chi connectivity index (χ4n) is 2.95. The van der Waals surface area contributed by atoms with Crippen LogP contribution in [0.3, 0.4) is 0 Å². The number of carbonyl (C=O) groups excluding carboxylic acids is 3. The monoisotopic (exact) mass is 372 g/mol. The second-order valence-electron chi connectivity index (χ2n) is 7.59. The molecule has 0 bridgehead atoms. The van der Waals surface area contributed by atoms with Crippen LogP contribution in [-0.2, 0) is 19.1 Å². The number of hydrogen-bond acceptors (Lipinski definition) is 6. The van der Waals surface area contributed by atoms with E-state index in [1.54, 1.807) is 16.7 Å². The largest absolute Gasteiger partial charge is 0.444 e. The van der Waals surface area contributed by atoms with E-state index in [0.717, 1.165) is 0 Å². The van der Waals surface area contributed by atoms with Crippen molar-refractivity contribution in [3.63, 3.8) is 0 Å². The van der Waals surface area contributed by atoms with Crippen LogP contribution >= 0.6 is 11.8 Å². The first-order valence-corrected chi connectivity index (χ1v) is 9.63. The standard InChI is InChI=1S/C17H28N2O5S/c1-12(20)25-11-13-7-15(21)19(8-13)10-14-9-18(5-6-23-14)16(22)24-17(2,3)4/h13-14H,5-11H2,1-4H3/t13?,14-/m0/s1. The Kier molecular flexibility index (Phi) is 6.73. The maximum Gasteiger partial charge on any atom is 0.410 e. The van der Waals surface area contributed by atoms with Gasteiger partial charge >= 0.3 is 6.09 Å². The zero-order valence-corrected chi connectivity index (χ0v) is 16.3. The molecule has 25 heavy (non-hydrogen) atoms. The van der Waals surface area contributed by atoms with Gasteiger partial charge in [0.2, 0.25) is 5.91 Å². The molecule has 0 aromatic carbocycles. The number of ether oxygens (including phenoxy) is 2. The van der Waals surface area contributed by atoms with Crippen molar-refractivity contribution in [2.75, 3.05) is 38.5 Å². The summed E-state index contributed by atoms with van der Waals surface area (Å²) in [7, 11) is 0. The molecule has 142 valence electrons. The predicted octanol–water partition coefficient (Wildman–Crippen LogP) is 1.75. The first-order chi connectivity index (χ1) is 11.6. The third-order valence-corrected chi connectivity index (χ3v) is 5.08. The van der Waals surface area contributed by atoms with Crippen LogP contribution in [0.15, 0.2) is 0 Å². The molecule has 0 aromatic heterocycles. The number of amides is 2. The van der Waals surface area contributed by atoms with Crippen LogP contribution in [0.1, 0.15) is 34.1 Å². The average Bonchev–Trinajstić information content (AvgIpc) is 2.84. The molecule has 2 amide bonds. The van der Waals surface area contributed by atoms with Crippen LogP contribution in [0.2, 0.25) is 0 Å². The normalized spacial score (nSPS) is 24.6. The molecule has 8 heteroatoms. The lowest BCUT2D eigenvalue weighted by Gasteiger charge is -2.35. The average molecular weight is 372 g/mol. The summed E-state index contributed by atoms with van der Waals surface area (Å²) in [5.74, 6) is 0.965. The minimum absolute atomic E-state index is 0.0783. The number of nitrogens with zero attached hydrogens (tertiary/aromatic N) is 2. The summed E-state index contributed by atoms with van der Waals surface area (Å²) < 4.78 is 11.1. The summed E-state index contributed by atoms with van der Waals surface area (Å²) >= 11 is 1.27. The van der Waals surface area contributed by atoms with Gasteiger partial charge in [-0.2, -0.15) is 0 Å². The van der Waals surface area contributed by atoms with E-state index in [1.165, 1.54) is 11.8 Å². The molecular formula is C17H28N2O5S. The summed E-state index contributed by atoms with van der Waals surface area (Å²) in [6, 6.07) is 0. The van der Waals surface area contributed by atoms with Crippen molar-refractivity contribution in [1.29, 1.82) is 0 Å². The number of likely N-dealkylation sites (tertiary alicyclic amines) is 1. The third-order valence-electron chi connectivity index (χ3n) is 4.03. The molecule has 0 N–H and O–H groups in total. The predicted molar refractivity (Wildman–Crippen MR) is 95.4 cm³/mol. The summed E-state index contributed by atoms with van der Waals surface area (Å²) in [5.41, 5.74) is -0.530. The summed E-state index contributed by atoms with van der Waals surface area (Å²) in [6.07, 6.45) is -0.0725. The molecule has 0 radical (unpaired) electrons. The van der Waals surface area contributed by atoms with Crippen molar-refractivity contribution < 1.29 is 23.9 Å². The molecule has 2 rings (SSSR count). The Balaban J connectivity index is 1.83. The smallest absolute Gasteiger partial charge is 0.410 e. The second-order valence-corrected chi connectivity index (χ2v) is 8.79. The maximum atomic E-state index is 12.2. The van der Waals surface area contributed by atoms with Crippen molar-refractivity contribution in [3.05, 3.63) is 0 Å². The molecule has 2 aliphatic heterocycles. The van der Waals surface area contributed by atoms with E-state index in [2.05, 4.69) is 0 Å².